The van der Waals surface area contributed by atoms with Crippen molar-refractivity contribution in [1.29, 1.82) is 0 Å². The average Bonchev–Trinajstić information content (AvgIpc) is 3.19. The van der Waals surface area contributed by atoms with Crippen molar-refractivity contribution in [3.63, 3.8) is 0 Å². The van der Waals surface area contributed by atoms with Gasteiger partial charge in [0.05, 0.1) is 0 Å². The Morgan fingerprint density at radius 2 is 0.922 bits per heavy atom. The van der Waals surface area contributed by atoms with Gasteiger partial charge in [0.25, 0.3) is 0 Å². The first-order valence-electron chi connectivity index (χ1n) is 17.0. The molecule has 0 saturated carbocycles. The summed E-state index contributed by atoms with van der Waals surface area (Å²) in [6, 6.07) is 64.8. The molecule has 8 rings (SSSR count). The molecule has 51 heavy (non-hydrogen) atoms. The number of fused-ring (bicyclic) bond motifs is 2. The van der Waals surface area contributed by atoms with Crippen molar-refractivity contribution in [3.05, 3.63) is 205 Å². The molecule has 8 aromatic rings. The quantitative estimate of drug-likeness (QED) is 0.0695. The summed E-state index contributed by atoms with van der Waals surface area (Å²) in [6.45, 7) is 0. The van der Waals surface area contributed by atoms with E-state index in [9.17, 15) is 0 Å². The number of hydrogen-bond donors (Lipinski definition) is 0. The van der Waals surface area contributed by atoms with Gasteiger partial charge in [-0.25, -0.2) is 0 Å². The smallest absolute Gasteiger partial charge is 0.468 e. The van der Waals surface area contributed by atoms with Crippen molar-refractivity contribution in [1.82, 2.24) is 0 Å². The maximum absolute atomic E-state index is 4.72. The van der Waals surface area contributed by atoms with Gasteiger partial charge < -0.3 is 10.3 Å². The molecule has 0 saturated heterocycles. The Labute approximate surface area is 342 Å². The predicted molar refractivity (Wildman–Crippen MR) is 214 cm³/mol. The maximum Gasteiger partial charge on any atom is 1.00 e. The van der Waals surface area contributed by atoms with Gasteiger partial charge in [-0.1, -0.05) is 195 Å². The van der Waals surface area contributed by atoms with Gasteiger partial charge in [-0.05, 0) is 89.3 Å². The zero-order valence-electron chi connectivity index (χ0n) is 28.9. The number of benzene rings is 8. The van der Waals surface area contributed by atoms with Crippen LogP contribution < -0.4 is 51.4 Å². The molecule has 0 heterocycles. The zero-order valence-corrected chi connectivity index (χ0v) is 32.0. The Balaban J connectivity index is 0.00000406. The monoisotopic (exact) mass is 678 g/mol. The van der Waals surface area contributed by atoms with E-state index in [-0.39, 0.29) is 51.4 Å². The van der Waals surface area contributed by atoms with E-state index in [4.69, 9.17) is 4.99 Å². The van der Waals surface area contributed by atoms with Gasteiger partial charge in [0.2, 0.25) is 0 Å². The summed E-state index contributed by atoms with van der Waals surface area (Å²) in [5.41, 5.74) is 11.8. The number of hydrogen-bond acceptors (Lipinski definition) is 1. The van der Waals surface area contributed by atoms with Crippen LogP contribution >= 0.6 is 0 Å². The standard InChI is InChI=1S/C48H35N2.K/c1-49-48(38-22-12-5-13-23-38)50-31-30-34-26-28-42-44(32-34)46(36-18-8-3-9-19-36)43-29-27-39(33-45(43)47(42)37-20-10-4-11-21-37)41-25-15-14-24-40(41)35-16-6-2-7-17-35;/h2-33H,1H3;/q-1;+1/b31-30+;. The van der Waals surface area contributed by atoms with Crippen LogP contribution in [-0.4, -0.2) is 12.9 Å². The van der Waals surface area contributed by atoms with Crippen LogP contribution in [0.15, 0.2) is 193 Å². The molecule has 0 spiro atoms. The number of nitrogens with zero attached hydrogens (tertiary/aromatic N) is 2. The molecule has 8 aromatic carbocycles. The summed E-state index contributed by atoms with van der Waals surface area (Å²) < 4.78 is 0. The van der Waals surface area contributed by atoms with Crippen molar-refractivity contribution in [2.45, 2.75) is 0 Å². The van der Waals surface area contributed by atoms with Crippen LogP contribution in [0.2, 0.25) is 0 Å². The van der Waals surface area contributed by atoms with Crippen molar-refractivity contribution in [2.24, 2.45) is 4.99 Å². The minimum absolute atomic E-state index is 0. The number of rotatable bonds is 7. The molecule has 0 aliphatic heterocycles. The summed E-state index contributed by atoms with van der Waals surface area (Å²) in [4.78, 5) is 4.72. The van der Waals surface area contributed by atoms with Gasteiger partial charge >= 0.3 is 51.4 Å². The van der Waals surface area contributed by atoms with E-state index in [0.717, 1.165) is 11.1 Å². The molecular weight excluding hydrogens is 644 g/mol. The summed E-state index contributed by atoms with van der Waals surface area (Å²) in [5.74, 6) is 0.703. The first-order chi connectivity index (χ1) is 24.8. The van der Waals surface area contributed by atoms with E-state index < -0.39 is 0 Å². The molecule has 0 radical (unpaired) electrons. The van der Waals surface area contributed by atoms with E-state index in [0.29, 0.717) is 5.84 Å². The Morgan fingerprint density at radius 1 is 0.451 bits per heavy atom. The van der Waals surface area contributed by atoms with Crippen LogP contribution in [0.1, 0.15) is 11.1 Å². The molecule has 238 valence electrons. The average molecular weight is 679 g/mol. The van der Waals surface area contributed by atoms with Crippen molar-refractivity contribution in [3.8, 4) is 44.5 Å². The molecule has 3 heteroatoms. The van der Waals surface area contributed by atoms with Gasteiger partial charge in [0.15, 0.2) is 0 Å². The summed E-state index contributed by atoms with van der Waals surface area (Å²) in [7, 11) is 1.78. The van der Waals surface area contributed by atoms with E-state index in [2.05, 4.69) is 163 Å². The van der Waals surface area contributed by atoms with Gasteiger partial charge in [-0.2, -0.15) is 0 Å². The second-order valence-corrected chi connectivity index (χ2v) is 12.3. The summed E-state index contributed by atoms with van der Waals surface area (Å²) >= 11 is 0. The fourth-order valence-corrected chi connectivity index (χ4v) is 7.00. The molecule has 0 atom stereocenters. The molecule has 0 amide bonds. The third-order valence-corrected chi connectivity index (χ3v) is 9.30. The predicted octanol–water partition coefficient (Wildman–Crippen LogP) is 10.1. The van der Waals surface area contributed by atoms with Crippen LogP contribution in [0.5, 0.6) is 0 Å². The molecule has 2 nitrogen and oxygen atoms in total. The molecule has 0 N–H and O–H groups in total. The van der Waals surface area contributed by atoms with E-state index in [1.807, 2.05) is 36.5 Å². The first-order valence-corrected chi connectivity index (χ1v) is 17.0. The van der Waals surface area contributed by atoms with Crippen LogP contribution in [0, 0.1) is 0 Å². The van der Waals surface area contributed by atoms with Gasteiger partial charge in [-0.15, -0.1) is 0 Å². The topological polar surface area (TPSA) is 26.5 Å². The van der Waals surface area contributed by atoms with Crippen LogP contribution in [0.25, 0.3) is 77.4 Å². The van der Waals surface area contributed by atoms with Crippen molar-refractivity contribution in [2.75, 3.05) is 7.05 Å². The normalized spacial score (nSPS) is 11.5. The third kappa shape index (κ3) is 7.18. The van der Waals surface area contributed by atoms with Crippen molar-refractivity contribution < 1.29 is 51.4 Å². The molecule has 0 bridgehead atoms. The van der Waals surface area contributed by atoms with E-state index in [1.165, 1.54) is 66.1 Å². The van der Waals surface area contributed by atoms with Gasteiger partial charge in [-0.3, -0.25) is 0 Å². The van der Waals surface area contributed by atoms with Crippen LogP contribution in [0.4, 0.5) is 0 Å². The molecule has 0 aliphatic rings. The fraction of sp³-hybridized carbons (Fsp3) is 0.0208. The van der Waals surface area contributed by atoms with Gasteiger partial charge in [0.1, 0.15) is 0 Å². The van der Waals surface area contributed by atoms with E-state index >= 15 is 0 Å². The van der Waals surface area contributed by atoms with Crippen LogP contribution in [0.3, 0.4) is 0 Å². The minimum atomic E-state index is 0. The van der Waals surface area contributed by atoms with Crippen molar-refractivity contribution >= 4 is 33.5 Å². The Kier molecular flexibility index (Phi) is 10.8. The Morgan fingerprint density at radius 3 is 1.49 bits per heavy atom. The minimum Gasteiger partial charge on any atom is -0.468 e. The van der Waals surface area contributed by atoms with E-state index in [1.54, 1.807) is 7.05 Å². The zero-order chi connectivity index (χ0) is 33.7. The maximum atomic E-state index is 4.72. The summed E-state index contributed by atoms with van der Waals surface area (Å²) in [6.07, 6.45) is 3.92. The second kappa shape index (κ2) is 16.0. The number of amidine groups is 1. The summed E-state index contributed by atoms with van der Waals surface area (Å²) in [5, 5.41) is 9.29. The molecular formula is C48H35KN2. The molecule has 0 aromatic heterocycles. The fourth-order valence-electron chi connectivity index (χ4n) is 7.00. The number of aliphatic imine (C=N–C) groups is 1. The molecule has 0 fully saturated rings. The van der Waals surface area contributed by atoms with Crippen LogP contribution in [-0.2, 0) is 0 Å². The largest absolute Gasteiger partial charge is 1.00 e. The first kappa shape index (κ1) is 34.6. The third-order valence-electron chi connectivity index (χ3n) is 9.30. The Bertz CT molecular complexity index is 2490. The second-order valence-electron chi connectivity index (χ2n) is 12.3. The SMILES string of the molecule is C[N-]C(=N/C=C/c1ccc2c(-c3ccccc3)c3cc(-c4ccccc4-c4ccccc4)ccc3c(-c3ccccc3)c2c1)c1ccccc1.[K+]. The molecule has 0 aliphatic carbocycles. The molecule has 0 unspecified atom stereocenters. The Hall–Kier alpha value is -4.87. The van der Waals surface area contributed by atoms with Gasteiger partial charge in [0, 0.05) is 0 Å².